The van der Waals surface area contributed by atoms with Gasteiger partial charge in [0.15, 0.2) is 5.82 Å². The van der Waals surface area contributed by atoms with E-state index < -0.39 is 5.82 Å². The van der Waals surface area contributed by atoms with Crippen LogP contribution < -0.4 is 5.73 Å². The van der Waals surface area contributed by atoms with Crippen molar-refractivity contribution in [2.24, 2.45) is 5.73 Å². The van der Waals surface area contributed by atoms with Crippen molar-refractivity contribution in [1.82, 2.24) is 9.97 Å². The molecule has 0 radical (unpaired) electrons. The van der Waals surface area contributed by atoms with Crippen molar-refractivity contribution < 1.29 is 9.13 Å². The predicted octanol–water partition coefficient (Wildman–Crippen LogP) is 2.94. The van der Waals surface area contributed by atoms with Gasteiger partial charge in [-0.3, -0.25) is 4.98 Å². The number of nitrogens with two attached hydrogens (primary N) is 1. The van der Waals surface area contributed by atoms with Gasteiger partial charge in [0, 0.05) is 11.8 Å². The summed E-state index contributed by atoms with van der Waals surface area (Å²) >= 11 is 5.76. The summed E-state index contributed by atoms with van der Waals surface area (Å²) in [5, 5.41) is 0.256. The van der Waals surface area contributed by atoms with E-state index in [0.29, 0.717) is 36.6 Å². The van der Waals surface area contributed by atoms with Crippen LogP contribution in [0.15, 0.2) is 24.9 Å². The van der Waals surface area contributed by atoms with Crippen LogP contribution in [0.25, 0.3) is 17.0 Å². The van der Waals surface area contributed by atoms with Gasteiger partial charge in [-0.2, -0.15) is 0 Å². The number of nitrogens with zero attached hydrogens (tertiary/aromatic N) is 2. The van der Waals surface area contributed by atoms with Crippen molar-refractivity contribution in [3.8, 4) is 11.3 Å². The standard InChI is InChI=1S/C15H13ClFN3O/c1-8(18)13-5-11(10-2-3-21-7-14(10)20-13)15-12(17)4-9(16)6-19-15/h4-6H,1-3,7,18H2. The molecule has 0 aliphatic carbocycles. The molecule has 108 valence electrons. The smallest absolute Gasteiger partial charge is 0.150 e. The molecule has 1 aliphatic rings. The Bertz CT molecular complexity index is 733. The van der Waals surface area contributed by atoms with Gasteiger partial charge in [0.1, 0.15) is 5.69 Å². The third kappa shape index (κ3) is 2.62. The fourth-order valence-electron chi connectivity index (χ4n) is 2.35. The molecule has 4 nitrogen and oxygen atoms in total. The highest BCUT2D eigenvalue weighted by Crippen LogP contribution is 2.31. The quantitative estimate of drug-likeness (QED) is 0.926. The Morgan fingerprint density at radius 2 is 2.24 bits per heavy atom. The first-order valence-corrected chi connectivity index (χ1v) is 6.81. The van der Waals surface area contributed by atoms with Gasteiger partial charge in [0.05, 0.1) is 35.3 Å². The van der Waals surface area contributed by atoms with Crippen molar-refractivity contribution in [3.63, 3.8) is 0 Å². The third-order valence-electron chi connectivity index (χ3n) is 3.34. The van der Waals surface area contributed by atoms with Gasteiger partial charge in [0.25, 0.3) is 0 Å². The first-order valence-electron chi connectivity index (χ1n) is 6.43. The summed E-state index contributed by atoms with van der Waals surface area (Å²) in [7, 11) is 0. The topological polar surface area (TPSA) is 61.0 Å². The van der Waals surface area contributed by atoms with Gasteiger partial charge in [-0.1, -0.05) is 18.2 Å². The van der Waals surface area contributed by atoms with Crippen LogP contribution in [0.5, 0.6) is 0 Å². The molecule has 0 spiro atoms. The Balaban J connectivity index is 2.24. The minimum atomic E-state index is -0.476. The van der Waals surface area contributed by atoms with Crippen molar-refractivity contribution in [2.45, 2.75) is 13.0 Å². The van der Waals surface area contributed by atoms with Crippen LogP contribution in [0.3, 0.4) is 0 Å². The lowest BCUT2D eigenvalue weighted by atomic mass is 9.97. The molecular formula is C15H13ClFN3O. The highest BCUT2D eigenvalue weighted by molar-refractivity contribution is 6.30. The van der Waals surface area contributed by atoms with E-state index in [9.17, 15) is 4.39 Å². The summed E-state index contributed by atoms with van der Waals surface area (Å²) in [4.78, 5) is 8.53. The number of fused-ring (bicyclic) bond motifs is 1. The van der Waals surface area contributed by atoms with Crippen molar-refractivity contribution in [1.29, 1.82) is 0 Å². The lowest BCUT2D eigenvalue weighted by Gasteiger charge is -2.20. The van der Waals surface area contributed by atoms with E-state index in [4.69, 9.17) is 22.1 Å². The molecule has 0 saturated carbocycles. The zero-order chi connectivity index (χ0) is 15.0. The van der Waals surface area contributed by atoms with Crippen LogP contribution in [0.4, 0.5) is 4.39 Å². The lowest BCUT2D eigenvalue weighted by Crippen LogP contribution is -2.15. The van der Waals surface area contributed by atoms with E-state index in [0.717, 1.165) is 11.3 Å². The fourth-order valence-corrected chi connectivity index (χ4v) is 2.50. The molecule has 1 aliphatic heterocycles. The van der Waals surface area contributed by atoms with Crippen LogP contribution in [-0.4, -0.2) is 16.6 Å². The minimum absolute atomic E-state index is 0.238. The molecular weight excluding hydrogens is 293 g/mol. The van der Waals surface area contributed by atoms with Crippen LogP contribution in [0, 0.1) is 5.82 Å². The zero-order valence-corrected chi connectivity index (χ0v) is 12.0. The highest BCUT2D eigenvalue weighted by atomic mass is 35.5. The van der Waals surface area contributed by atoms with Crippen LogP contribution >= 0.6 is 11.6 Å². The zero-order valence-electron chi connectivity index (χ0n) is 11.2. The number of halogens is 2. The van der Waals surface area contributed by atoms with Gasteiger partial charge in [0.2, 0.25) is 0 Å². The Labute approximate surface area is 126 Å². The molecule has 2 aromatic rings. The van der Waals surface area contributed by atoms with E-state index in [-0.39, 0.29) is 10.7 Å². The molecule has 2 N–H and O–H groups in total. The summed E-state index contributed by atoms with van der Waals surface area (Å²) in [6.07, 6.45) is 2.07. The molecule has 3 rings (SSSR count). The Morgan fingerprint density at radius 1 is 1.43 bits per heavy atom. The number of hydrogen-bond donors (Lipinski definition) is 1. The third-order valence-corrected chi connectivity index (χ3v) is 3.54. The number of pyridine rings is 2. The van der Waals surface area contributed by atoms with Crippen LogP contribution in [0.2, 0.25) is 5.02 Å². The second kappa shape index (κ2) is 5.42. The van der Waals surface area contributed by atoms with E-state index >= 15 is 0 Å². The van der Waals surface area contributed by atoms with E-state index in [1.165, 1.54) is 12.3 Å². The monoisotopic (exact) mass is 305 g/mol. The normalized spacial score (nSPS) is 13.8. The molecule has 2 aromatic heterocycles. The second-order valence-corrected chi connectivity index (χ2v) is 5.23. The van der Waals surface area contributed by atoms with Gasteiger partial charge < -0.3 is 10.5 Å². The molecule has 0 atom stereocenters. The van der Waals surface area contributed by atoms with E-state index in [2.05, 4.69) is 16.5 Å². The maximum absolute atomic E-state index is 14.2. The first kappa shape index (κ1) is 14.0. The van der Waals surface area contributed by atoms with Gasteiger partial charge in [-0.15, -0.1) is 0 Å². The van der Waals surface area contributed by atoms with Gasteiger partial charge >= 0.3 is 0 Å². The summed E-state index contributed by atoms with van der Waals surface area (Å²) < 4.78 is 19.6. The Morgan fingerprint density at radius 3 is 2.95 bits per heavy atom. The average Bonchev–Trinajstić information content (AvgIpc) is 2.46. The van der Waals surface area contributed by atoms with Gasteiger partial charge in [-0.25, -0.2) is 9.37 Å². The van der Waals surface area contributed by atoms with Crippen molar-refractivity contribution in [3.05, 3.63) is 52.7 Å². The Hall–Kier alpha value is -1.98. The van der Waals surface area contributed by atoms with Crippen LogP contribution in [0.1, 0.15) is 17.0 Å². The number of ether oxygens (including phenoxy) is 1. The molecule has 0 unspecified atom stereocenters. The molecule has 6 heteroatoms. The van der Waals surface area contributed by atoms with E-state index in [1.54, 1.807) is 6.07 Å². The first-order chi connectivity index (χ1) is 10.1. The van der Waals surface area contributed by atoms with Crippen molar-refractivity contribution in [2.75, 3.05) is 6.61 Å². The molecule has 0 aromatic carbocycles. The molecule has 0 fully saturated rings. The lowest BCUT2D eigenvalue weighted by molar-refractivity contribution is 0.107. The summed E-state index contributed by atoms with van der Waals surface area (Å²) in [5.41, 5.74) is 9.13. The predicted molar refractivity (Wildman–Crippen MR) is 79.0 cm³/mol. The summed E-state index contributed by atoms with van der Waals surface area (Å²) in [5.74, 6) is -0.476. The average molecular weight is 306 g/mol. The number of aromatic nitrogens is 2. The summed E-state index contributed by atoms with van der Waals surface area (Å²) in [6, 6.07) is 2.96. The largest absolute Gasteiger partial charge is 0.397 e. The second-order valence-electron chi connectivity index (χ2n) is 4.79. The maximum atomic E-state index is 14.2. The maximum Gasteiger partial charge on any atom is 0.150 e. The van der Waals surface area contributed by atoms with Crippen molar-refractivity contribution >= 4 is 17.3 Å². The molecule has 3 heterocycles. The fraction of sp³-hybridized carbons (Fsp3) is 0.200. The van der Waals surface area contributed by atoms with E-state index in [1.807, 2.05) is 0 Å². The molecule has 0 bridgehead atoms. The molecule has 0 saturated heterocycles. The summed E-state index contributed by atoms with van der Waals surface area (Å²) in [6.45, 7) is 4.63. The number of rotatable bonds is 2. The molecule has 21 heavy (non-hydrogen) atoms. The Kier molecular flexibility index (Phi) is 3.61. The van der Waals surface area contributed by atoms with Gasteiger partial charge in [-0.05, 0) is 24.1 Å². The SMILES string of the molecule is C=C(N)c1cc(-c2ncc(Cl)cc2F)c2c(n1)COCC2. The van der Waals surface area contributed by atoms with Crippen LogP contribution in [-0.2, 0) is 17.8 Å². The molecule has 0 amide bonds. The highest BCUT2D eigenvalue weighted by Gasteiger charge is 2.21. The minimum Gasteiger partial charge on any atom is -0.397 e. The number of hydrogen-bond acceptors (Lipinski definition) is 4.